The van der Waals surface area contributed by atoms with E-state index in [0.717, 1.165) is 50.8 Å². The van der Waals surface area contributed by atoms with Gasteiger partial charge in [0, 0.05) is 50.6 Å². The summed E-state index contributed by atoms with van der Waals surface area (Å²) in [7, 11) is 3.36. The summed E-state index contributed by atoms with van der Waals surface area (Å²) < 4.78 is 10.8. The first-order valence-electron chi connectivity index (χ1n) is 9.75. The molecular weight excluding hydrogens is 338 g/mol. The summed E-state index contributed by atoms with van der Waals surface area (Å²) in [5, 5.41) is 3.36. The molecule has 0 bridgehead atoms. The Hall–Kier alpha value is -2.40. The van der Waals surface area contributed by atoms with Gasteiger partial charge in [-0.05, 0) is 55.3 Å². The quantitative estimate of drug-likeness (QED) is 0.802. The Bertz CT molecular complexity index is 718. The zero-order valence-electron chi connectivity index (χ0n) is 16.7. The molecular formula is C22H31N3O2. The van der Waals surface area contributed by atoms with Gasteiger partial charge >= 0.3 is 0 Å². The number of benzene rings is 2. The number of methoxy groups -OCH3 is 2. The lowest BCUT2D eigenvalue weighted by Crippen LogP contribution is -2.30. The Labute approximate surface area is 162 Å². The number of nitrogens with one attached hydrogen (secondary N) is 1. The average molecular weight is 370 g/mol. The third kappa shape index (κ3) is 5.07. The van der Waals surface area contributed by atoms with Crippen LogP contribution in [0.3, 0.4) is 0 Å². The van der Waals surface area contributed by atoms with Crippen molar-refractivity contribution in [2.75, 3.05) is 57.2 Å². The van der Waals surface area contributed by atoms with Crippen LogP contribution in [-0.4, -0.2) is 51.8 Å². The number of ether oxygens (including phenoxy) is 2. The van der Waals surface area contributed by atoms with Crippen LogP contribution in [0.25, 0.3) is 0 Å². The van der Waals surface area contributed by atoms with Crippen LogP contribution < -0.4 is 19.7 Å². The summed E-state index contributed by atoms with van der Waals surface area (Å²) in [6.07, 6.45) is 1.17. The fraction of sp³-hybridized carbons (Fsp3) is 0.455. The molecule has 1 heterocycles. The van der Waals surface area contributed by atoms with E-state index >= 15 is 0 Å². The minimum absolute atomic E-state index is 0.782. The van der Waals surface area contributed by atoms with Gasteiger partial charge in [-0.25, -0.2) is 0 Å². The first kappa shape index (κ1) is 19.4. The van der Waals surface area contributed by atoms with E-state index in [4.69, 9.17) is 9.47 Å². The van der Waals surface area contributed by atoms with Crippen LogP contribution in [0.4, 0.5) is 11.4 Å². The van der Waals surface area contributed by atoms with Crippen molar-refractivity contribution in [2.45, 2.75) is 19.9 Å². The molecule has 3 rings (SSSR count). The van der Waals surface area contributed by atoms with Gasteiger partial charge in [-0.1, -0.05) is 6.07 Å². The van der Waals surface area contributed by atoms with Crippen LogP contribution in [0.2, 0.25) is 0 Å². The van der Waals surface area contributed by atoms with E-state index in [2.05, 4.69) is 58.4 Å². The standard InChI is InChI=1S/C22H31N3O2/c1-4-23-19-7-9-20(10-8-19)25-13-5-12-24(14-15-25)17-18-6-11-21(26-2)22(16-18)27-3/h6-11,16,23H,4-5,12-15,17H2,1-3H3. The maximum atomic E-state index is 5.44. The minimum Gasteiger partial charge on any atom is -0.493 e. The number of nitrogens with zero attached hydrogens (tertiary/aromatic N) is 2. The Balaban J connectivity index is 1.59. The minimum atomic E-state index is 0.782. The van der Waals surface area contributed by atoms with Crippen molar-refractivity contribution < 1.29 is 9.47 Å². The number of rotatable bonds is 7. The zero-order valence-corrected chi connectivity index (χ0v) is 16.7. The number of anilines is 2. The van der Waals surface area contributed by atoms with E-state index in [9.17, 15) is 0 Å². The van der Waals surface area contributed by atoms with Crippen molar-refractivity contribution >= 4 is 11.4 Å². The molecule has 1 aliphatic rings. The van der Waals surface area contributed by atoms with Crippen molar-refractivity contribution in [1.82, 2.24) is 4.90 Å². The molecule has 1 aliphatic heterocycles. The average Bonchev–Trinajstić information content (AvgIpc) is 2.94. The van der Waals surface area contributed by atoms with Crippen molar-refractivity contribution in [3.05, 3.63) is 48.0 Å². The predicted molar refractivity (Wildman–Crippen MR) is 112 cm³/mol. The molecule has 146 valence electrons. The van der Waals surface area contributed by atoms with Crippen LogP contribution in [0.1, 0.15) is 18.9 Å². The second-order valence-corrected chi connectivity index (χ2v) is 6.88. The lowest BCUT2D eigenvalue weighted by atomic mass is 10.2. The molecule has 5 nitrogen and oxygen atoms in total. The summed E-state index contributed by atoms with van der Waals surface area (Å²) in [5.74, 6) is 1.58. The van der Waals surface area contributed by atoms with E-state index in [1.54, 1.807) is 14.2 Å². The van der Waals surface area contributed by atoms with Gasteiger partial charge in [-0.3, -0.25) is 4.90 Å². The molecule has 0 radical (unpaired) electrons. The SMILES string of the molecule is CCNc1ccc(N2CCCN(Cc3ccc(OC)c(OC)c3)CC2)cc1. The van der Waals surface area contributed by atoms with Crippen LogP contribution >= 0.6 is 0 Å². The first-order chi connectivity index (χ1) is 13.2. The molecule has 27 heavy (non-hydrogen) atoms. The zero-order chi connectivity index (χ0) is 19.1. The molecule has 1 N–H and O–H groups in total. The molecule has 0 aliphatic carbocycles. The second kappa shape index (κ2) is 9.51. The maximum absolute atomic E-state index is 5.44. The Morgan fingerprint density at radius 3 is 2.37 bits per heavy atom. The van der Waals surface area contributed by atoms with E-state index in [1.807, 2.05) is 6.07 Å². The highest BCUT2D eigenvalue weighted by atomic mass is 16.5. The van der Waals surface area contributed by atoms with Gasteiger partial charge in [0.25, 0.3) is 0 Å². The van der Waals surface area contributed by atoms with Crippen molar-refractivity contribution in [1.29, 1.82) is 0 Å². The third-order valence-corrected chi connectivity index (χ3v) is 5.06. The molecule has 1 fully saturated rings. The van der Waals surface area contributed by atoms with E-state index in [-0.39, 0.29) is 0 Å². The van der Waals surface area contributed by atoms with Gasteiger partial charge in [0.1, 0.15) is 0 Å². The highest BCUT2D eigenvalue weighted by Crippen LogP contribution is 2.28. The lowest BCUT2D eigenvalue weighted by Gasteiger charge is -2.24. The summed E-state index contributed by atoms with van der Waals surface area (Å²) in [5.41, 5.74) is 3.76. The summed E-state index contributed by atoms with van der Waals surface area (Å²) in [4.78, 5) is 5.01. The van der Waals surface area contributed by atoms with Crippen molar-refractivity contribution in [2.24, 2.45) is 0 Å². The van der Waals surface area contributed by atoms with E-state index < -0.39 is 0 Å². The van der Waals surface area contributed by atoms with Crippen LogP contribution in [-0.2, 0) is 6.54 Å². The van der Waals surface area contributed by atoms with E-state index in [0.29, 0.717) is 0 Å². The molecule has 0 spiro atoms. The number of hydrogen-bond donors (Lipinski definition) is 1. The molecule has 0 aromatic heterocycles. The second-order valence-electron chi connectivity index (χ2n) is 6.88. The predicted octanol–water partition coefficient (Wildman–Crippen LogP) is 3.85. The molecule has 1 saturated heterocycles. The van der Waals surface area contributed by atoms with Crippen LogP contribution in [0.15, 0.2) is 42.5 Å². The van der Waals surface area contributed by atoms with Crippen molar-refractivity contribution in [3.8, 4) is 11.5 Å². The molecule has 0 atom stereocenters. The molecule has 0 unspecified atom stereocenters. The van der Waals surface area contributed by atoms with Gasteiger partial charge in [-0.2, -0.15) is 0 Å². The lowest BCUT2D eigenvalue weighted by molar-refractivity contribution is 0.284. The fourth-order valence-electron chi connectivity index (χ4n) is 3.62. The largest absolute Gasteiger partial charge is 0.493 e. The normalized spacial score (nSPS) is 15.3. The van der Waals surface area contributed by atoms with Gasteiger partial charge in [0.2, 0.25) is 0 Å². The summed E-state index contributed by atoms with van der Waals surface area (Å²) in [6, 6.07) is 15.0. The highest BCUT2D eigenvalue weighted by Gasteiger charge is 2.16. The molecule has 5 heteroatoms. The Kier molecular flexibility index (Phi) is 6.82. The van der Waals surface area contributed by atoms with Crippen LogP contribution in [0, 0.1) is 0 Å². The third-order valence-electron chi connectivity index (χ3n) is 5.06. The van der Waals surface area contributed by atoms with Gasteiger partial charge in [0.15, 0.2) is 11.5 Å². The topological polar surface area (TPSA) is 37.0 Å². The Morgan fingerprint density at radius 2 is 1.67 bits per heavy atom. The monoisotopic (exact) mass is 369 g/mol. The van der Waals surface area contributed by atoms with E-state index in [1.165, 1.54) is 23.4 Å². The van der Waals surface area contributed by atoms with Gasteiger partial charge in [-0.15, -0.1) is 0 Å². The maximum Gasteiger partial charge on any atom is 0.161 e. The first-order valence-corrected chi connectivity index (χ1v) is 9.75. The summed E-state index contributed by atoms with van der Waals surface area (Å²) in [6.45, 7) is 8.33. The van der Waals surface area contributed by atoms with Crippen LogP contribution in [0.5, 0.6) is 11.5 Å². The van der Waals surface area contributed by atoms with Gasteiger partial charge in [0.05, 0.1) is 14.2 Å². The molecule has 0 saturated carbocycles. The highest BCUT2D eigenvalue weighted by molar-refractivity contribution is 5.55. The Morgan fingerprint density at radius 1 is 0.889 bits per heavy atom. The van der Waals surface area contributed by atoms with Crippen molar-refractivity contribution in [3.63, 3.8) is 0 Å². The molecule has 2 aromatic rings. The fourth-order valence-corrected chi connectivity index (χ4v) is 3.62. The molecule has 2 aromatic carbocycles. The van der Waals surface area contributed by atoms with Gasteiger partial charge < -0.3 is 19.7 Å². The molecule has 0 amide bonds. The smallest absolute Gasteiger partial charge is 0.161 e. The number of hydrogen-bond acceptors (Lipinski definition) is 5. The summed E-state index contributed by atoms with van der Waals surface area (Å²) >= 11 is 0.